The topological polar surface area (TPSA) is 75.5 Å². The molecule has 2 aromatic rings. The van der Waals surface area contributed by atoms with Crippen molar-refractivity contribution >= 4 is 17.1 Å². The summed E-state index contributed by atoms with van der Waals surface area (Å²) < 4.78 is 5.51. The number of nitrogens with two attached hydrogens (primary N) is 1. The van der Waals surface area contributed by atoms with E-state index >= 15 is 0 Å². The zero-order valence-electron chi connectivity index (χ0n) is 9.34. The van der Waals surface area contributed by atoms with Crippen LogP contribution >= 0.6 is 0 Å². The fourth-order valence-corrected chi connectivity index (χ4v) is 1.46. The molecule has 1 aromatic carbocycles. The lowest BCUT2D eigenvalue weighted by Crippen LogP contribution is -2.14. The van der Waals surface area contributed by atoms with E-state index in [0.29, 0.717) is 6.01 Å². The number of fused-ring (bicyclic) bond motifs is 1. The third-order valence-corrected chi connectivity index (χ3v) is 2.41. The van der Waals surface area contributed by atoms with Gasteiger partial charge in [0.2, 0.25) is 0 Å². The van der Waals surface area contributed by atoms with Gasteiger partial charge in [-0.1, -0.05) is 6.07 Å². The maximum atomic E-state index is 8.98. The molecule has 2 rings (SSSR count). The van der Waals surface area contributed by atoms with Crippen LogP contribution in [0, 0.1) is 0 Å². The minimum atomic E-state index is -0.371. The second-order valence-electron chi connectivity index (χ2n) is 3.91. The first-order chi connectivity index (χ1) is 7.61. The van der Waals surface area contributed by atoms with E-state index in [0.717, 1.165) is 16.7 Å². The van der Waals surface area contributed by atoms with Crippen molar-refractivity contribution < 1.29 is 9.52 Å². The number of aliphatic hydroxyl groups is 1. The molecule has 16 heavy (non-hydrogen) atoms. The molecule has 1 atom stereocenters. The highest BCUT2D eigenvalue weighted by Gasteiger charge is 2.10. The summed E-state index contributed by atoms with van der Waals surface area (Å²) in [6.07, 6.45) is 0. The Morgan fingerprint density at radius 2 is 2.25 bits per heavy atom. The van der Waals surface area contributed by atoms with Crippen molar-refractivity contribution in [2.24, 2.45) is 5.73 Å². The number of oxazole rings is 1. The lowest BCUT2D eigenvalue weighted by atomic mass is 10.1. The van der Waals surface area contributed by atoms with E-state index in [-0.39, 0.29) is 12.6 Å². The number of hydrogen-bond donors (Lipinski definition) is 2. The predicted octanol–water partition coefficient (Wildman–Crippen LogP) is 0.886. The molecule has 1 heterocycles. The van der Waals surface area contributed by atoms with Gasteiger partial charge in [-0.3, -0.25) is 0 Å². The first-order valence-corrected chi connectivity index (χ1v) is 5.06. The Hall–Kier alpha value is -1.59. The van der Waals surface area contributed by atoms with Crippen LogP contribution in [0.15, 0.2) is 22.6 Å². The number of rotatable bonds is 3. The Morgan fingerprint density at radius 3 is 2.88 bits per heavy atom. The van der Waals surface area contributed by atoms with Crippen LogP contribution in [0.3, 0.4) is 0 Å². The smallest absolute Gasteiger partial charge is 0.297 e. The molecule has 0 bridgehead atoms. The first kappa shape index (κ1) is 10.9. The fraction of sp³-hybridized carbons (Fsp3) is 0.364. The molecule has 0 spiro atoms. The number of aromatic nitrogens is 1. The first-order valence-electron chi connectivity index (χ1n) is 5.06. The standard InChI is InChI=1S/C11H15N3O2/c1-14(2)11-13-9-5-7(8(12)6-15)3-4-10(9)16-11/h3-5,8,15H,6,12H2,1-2H3. The van der Waals surface area contributed by atoms with Crippen molar-refractivity contribution in [2.75, 3.05) is 25.6 Å². The number of hydrogen-bond acceptors (Lipinski definition) is 5. The van der Waals surface area contributed by atoms with Crippen LogP contribution in [-0.2, 0) is 0 Å². The van der Waals surface area contributed by atoms with E-state index in [9.17, 15) is 0 Å². The van der Waals surface area contributed by atoms with E-state index in [1.165, 1.54) is 0 Å². The molecule has 0 amide bonds. The van der Waals surface area contributed by atoms with E-state index in [1.54, 1.807) is 4.90 Å². The molecule has 1 aromatic heterocycles. The van der Waals surface area contributed by atoms with Crippen molar-refractivity contribution in [1.82, 2.24) is 4.98 Å². The molecule has 0 aliphatic rings. The highest BCUT2D eigenvalue weighted by Crippen LogP contribution is 2.23. The zero-order valence-corrected chi connectivity index (χ0v) is 9.34. The number of anilines is 1. The van der Waals surface area contributed by atoms with E-state index < -0.39 is 0 Å². The maximum absolute atomic E-state index is 8.98. The molecule has 0 saturated heterocycles. The van der Waals surface area contributed by atoms with Crippen LogP contribution < -0.4 is 10.6 Å². The average molecular weight is 221 g/mol. The van der Waals surface area contributed by atoms with Gasteiger partial charge in [0.15, 0.2) is 5.58 Å². The summed E-state index contributed by atoms with van der Waals surface area (Å²) in [5.41, 5.74) is 8.06. The molecule has 3 N–H and O–H groups in total. The maximum Gasteiger partial charge on any atom is 0.297 e. The van der Waals surface area contributed by atoms with Gasteiger partial charge < -0.3 is 20.2 Å². The van der Waals surface area contributed by atoms with Gasteiger partial charge in [-0.05, 0) is 17.7 Å². The summed E-state index contributed by atoms with van der Waals surface area (Å²) >= 11 is 0. The van der Waals surface area contributed by atoms with E-state index in [2.05, 4.69) is 4.98 Å². The minimum absolute atomic E-state index is 0.0795. The molecule has 0 saturated carbocycles. The van der Waals surface area contributed by atoms with Gasteiger partial charge in [0.1, 0.15) is 5.52 Å². The molecule has 0 fully saturated rings. The predicted molar refractivity (Wildman–Crippen MR) is 62.4 cm³/mol. The summed E-state index contributed by atoms with van der Waals surface area (Å²) in [6.45, 7) is -0.0795. The van der Waals surface area contributed by atoms with Crippen LogP contribution in [0.5, 0.6) is 0 Å². The van der Waals surface area contributed by atoms with Crippen molar-refractivity contribution in [3.63, 3.8) is 0 Å². The van der Waals surface area contributed by atoms with Crippen molar-refractivity contribution in [3.8, 4) is 0 Å². The Kier molecular flexibility index (Phi) is 2.80. The van der Waals surface area contributed by atoms with Gasteiger partial charge in [0.05, 0.1) is 12.6 Å². The Labute approximate surface area is 93.5 Å². The second kappa shape index (κ2) is 4.11. The summed E-state index contributed by atoms with van der Waals surface area (Å²) in [6, 6.07) is 5.69. The zero-order chi connectivity index (χ0) is 11.7. The summed E-state index contributed by atoms with van der Waals surface area (Å²) in [5.74, 6) is 0. The normalized spacial score (nSPS) is 13.0. The lowest BCUT2D eigenvalue weighted by molar-refractivity contribution is 0.268. The SMILES string of the molecule is CN(C)c1nc2cc(C(N)CO)ccc2o1. The average Bonchev–Trinajstić information content (AvgIpc) is 2.70. The highest BCUT2D eigenvalue weighted by atomic mass is 16.4. The van der Waals surface area contributed by atoms with Gasteiger partial charge in [-0.15, -0.1) is 0 Å². The fourth-order valence-electron chi connectivity index (χ4n) is 1.46. The summed E-state index contributed by atoms with van der Waals surface area (Å²) in [4.78, 5) is 6.11. The molecule has 0 radical (unpaired) electrons. The van der Waals surface area contributed by atoms with Crippen LogP contribution in [0.1, 0.15) is 11.6 Å². The Morgan fingerprint density at radius 1 is 1.50 bits per heavy atom. The molecule has 0 aliphatic carbocycles. The number of nitrogens with zero attached hydrogens (tertiary/aromatic N) is 2. The van der Waals surface area contributed by atoms with Gasteiger partial charge in [-0.25, -0.2) is 0 Å². The largest absolute Gasteiger partial charge is 0.423 e. The van der Waals surface area contributed by atoms with Crippen molar-refractivity contribution in [2.45, 2.75) is 6.04 Å². The van der Waals surface area contributed by atoms with Gasteiger partial charge in [0, 0.05) is 14.1 Å². The monoisotopic (exact) mass is 221 g/mol. The highest BCUT2D eigenvalue weighted by molar-refractivity contribution is 5.75. The van der Waals surface area contributed by atoms with E-state index in [1.807, 2.05) is 32.3 Å². The van der Waals surface area contributed by atoms with Crippen LogP contribution in [0.2, 0.25) is 0 Å². The quantitative estimate of drug-likeness (QED) is 0.804. The molecule has 5 heteroatoms. The van der Waals surface area contributed by atoms with E-state index in [4.69, 9.17) is 15.3 Å². The van der Waals surface area contributed by atoms with Crippen molar-refractivity contribution in [3.05, 3.63) is 23.8 Å². The van der Waals surface area contributed by atoms with Crippen LogP contribution in [-0.4, -0.2) is 30.8 Å². The third-order valence-electron chi connectivity index (χ3n) is 2.41. The number of benzene rings is 1. The molecule has 0 aliphatic heterocycles. The summed E-state index contributed by atoms with van der Waals surface area (Å²) in [5, 5.41) is 8.98. The molecular weight excluding hydrogens is 206 g/mol. The molecule has 86 valence electrons. The summed E-state index contributed by atoms with van der Waals surface area (Å²) in [7, 11) is 3.73. The Balaban J connectivity index is 2.45. The molecular formula is C11H15N3O2. The second-order valence-corrected chi connectivity index (χ2v) is 3.91. The van der Waals surface area contributed by atoms with Gasteiger partial charge in [-0.2, -0.15) is 4.98 Å². The molecule has 1 unspecified atom stereocenters. The Bertz CT molecular complexity index is 493. The molecule has 5 nitrogen and oxygen atoms in total. The third kappa shape index (κ3) is 1.87. The number of aliphatic hydroxyl groups excluding tert-OH is 1. The lowest BCUT2D eigenvalue weighted by Gasteiger charge is -2.06. The minimum Gasteiger partial charge on any atom is -0.423 e. The van der Waals surface area contributed by atoms with Crippen molar-refractivity contribution in [1.29, 1.82) is 0 Å². The van der Waals surface area contributed by atoms with Gasteiger partial charge in [0.25, 0.3) is 6.01 Å². The van der Waals surface area contributed by atoms with Crippen LogP contribution in [0.4, 0.5) is 6.01 Å². The van der Waals surface area contributed by atoms with Gasteiger partial charge >= 0.3 is 0 Å². The van der Waals surface area contributed by atoms with Crippen LogP contribution in [0.25, 0.3) is 11.1 Å².